The molecular weight excluding hydrogens is 492 g/mol. The maximum atomic E-state index is 13.7. The molecule has 6 nitrogen and oxygen atoms in total. The molecule has 0 saturated carbocycles. The number of carbonyl (C=O) groups is 1. The van der Waals surface area contributed by atoms with Crippen LogP contribution >= 0.6 is 11.3 Å². The van der Waals surface area contributed by atoms with Crippen LogP contribution in [0, 0.1) is 0 Å². The van der Waals surface area contributed by atoms with Crippen molar-refractivity contribution in [1.29, 1.82) is 0 Å². The molecule has 1 aliphatic rings. The van der Waals surface area contributed by atoms with Gasteiger partial charge in [-0.25, -0.2) is 8.42 Å². The van der Waals surface area contributed by atoms with E-state index in [9.17, 15) is 13.2 Å². The van der Waals surface area contributed by atoms with E-state index in [4.69, 9.17) is 4.74 Å². The van der Waals surface area contributed by atoms with Gasteiger partial charge in [-0.1, -0.05) is 60.7 Å². The van der Waals surface area contributed by atoms with Crippen molar-refractivity contribution in [3.8, 4) is 0 Å². The minimum Gasteiger partial charge on any atom is -0.382 e. The van der Waals surface area contributed by atoms with Crippen molar-refractivity contribution in [2.24, 2.45) is 0 Å². The lowest BCUT2D eigenvalue weighted by molar-refractivity contribution is -0.133. The predicted octanol–water partition coefficient (Wildman–Crippen LogP) is 4.95. The molecule has 0 fully saturated rings. The number of hydrogen-bond acceptors (Lipinski definition) is 5. The lowest BCUT2D eigenvalue weighted by Crippen LogP contribution is -2.46. The highest BCUT2D eigenvalue weighted by Gasteiger charge is 2.34. The van der Waals surface area contributed by atoms with E-state index in [2.05, 4.69) is 11.4 Å². The van der Waals surface area contributed by atoms with Gasteiger partial charge in [0.15, 0.2) is 0 Å². The van der Waals surface area contributed by atoms with E-state index in [1.54, 1.807) is 17.4 Å². The van der Waals surface area contributed by atoms with Crippen molar-refractivity contribution in [2.45, 2.75) is 25.8 Å². The summed E-state index contributed by atoms with van der Waals surface area (Å²) in [6.45, 7) is 3.46. The number of sulfonamides is 1. The zero-order valence-corrected chi connectivity index (χ0v) is 22.1. The van der Waals surface area contributed by atoms with E-state index in [0.29, 0.717) is 26.2 Å². The Morgan fingerprint density at radius 1 is 1.11 bits per heavy atom. The third kappa shape index (κ3) is 6.50. The Labute approximate surface area is 217 Å². The van der Waals surface area contributed by atoms with E-state index >= 15 is 0 Å². The monoisotopic (exact) mass is 524 g/mol. The van der Waals surface area contributed by atoms with E-state index in [1.807, 2.05) is 72.5 Å². The van der Waals surface area contributed by atoms with E-state index in [1.165, 1.54) is 14.6 Å². The smallest absolute Gasteiger partial charge is 0.238 e. The Morgan fingerprint density at radius 3 is 2.56 bits per heavy atom. The summed E-state index contributed by atoms with van der Waals surface area (Å²) in [6.07, 6.45) is 2.85. The Kier molecular flexibility index (Phi) is 9.09. The molecule has 3 aromatic rings. The predicted molar refractivity (Wildman–Crippen MR) is 145 cm³/mol. The quantitative estimate of drug-likeness (QED) is 0.333. The second kappa shape index (κ2) is 12.5. The second-order valence-corrected chi connectivity index (χ2v) is 11.4. The van der Waals surface area contributed by atoms with Crippen LogP contribution in [0.4, 0.5) is 0 Å². The van der Waals surface area contributed by atoms with E-state index in [0.717, 1.165) is 23.1 Å². The topological polar surface area (TPSA) is 66.9 Å². The van der Waals surface area contributed by atoms with Crippen LogP contribution in [-0.4, -0.2) is 56.4 Å². The zero-order valence-electron chi connectivity index (χ0n) is 20.5. The fraction of sp³-hybridized carbons (Fsp3) is 0.321. The SMILES string of the molecule is CCOCCCN(CC(=O)N1CCc2sccc2C1c1ccccc1)S(=O)(=O)C=Cc1ccccc1. The molecule has 0 bridgehead atoms. The number of thiophene rings is 1. The van der Waals surface area contributed by atoms with Crippen LogP contribution < -0.4 is 0 Å². The Morgan fingerprint density at radius 2 is 1.83 bits per heavy atom. The highest BCUT2D eigenvalue weighted by atomic mass is 32.2. The van der Waals surface area contributed by atoms with Crippen LogP contribution in [0.5, 0.6) is 0 Å². The van der Waals surface area contributed by atoms with Crippen LogP contribution in [0.15, 0.2) is 77.5 Å². The number of hydrogen-bond donors (Lipinski definition) is 0. The number of rotatable bonds is 11. The molecule has 0 spiro atoms. The molecule has 0 saturated heterocycles. The summed E-state index contributed by atoms with van der Waals surface area (Å²) in [6, 6.07) is 21.1. The number of ether oxygens (including phenoxy) is 1. The highest BCUT2D eigenvalue weighted by Crippen LogP contribution is 2.37. The van der Waals surface area contributed by atoms with Crippen LogP contribution in [0.3, 0.4) is 0 Å². The zero-order chi connectivity index (χ0) is 25.4. The molecule has 1 unspecified atom stereocenters. The van der Waals surface area contributed by atoms with Crippen LogP contribution in [0.2, 0.25) is 0 Å². The summed E-state index contributed by atoms with van der Waals surface area (Å²) in [5, 5.41) is 3.26. The molecule has 1 aliphatic heterocycles. The van der Waals surface area contributed by atoms with Gasteiger partial charge in [0.05, 0.1) is 12.6 Å². The number of amides is 1. The first-order valence-electron chi connectivity index (χ1n) is 12.2. The van der Waals surface area contributed by atoms with Gasteiger partial charge in [-0.05, 0) is 54.0 Å². The largest absolute Gasteiger partial charge is 0.382 e. The third-order valence-electron chi connectivity index (χ3n) is 6.21. The summed E-state index contributed by atoms with van der Waals surface area (Å²) >= 11 is 1.71. The molecule has 0 N–H and O–H groups in total. The molecule has 8 heteroatoms. The van der Waals surface area contributed by atoms with Gasteiger partial charge in [0, 0.05) is 36.6 Å². The van der Waals surface area contributed by atoms with Gasteiger partial charge < -0.3 is 9.64 Å². The van der Waals surface area contributed by atoms with Crippen molar-refractivity contribution in [1.82, 2.24) is 9.21 Å². The molecule has 190 valence electrons. The number of carbonyl (C=O) groups excluding carboxylic acids is 1. The number of benzene rings is 2. The Balaban J connectivity index is 1.57. The maximum absolute atomic E-state index is 13.7. The Bertz CT molecular complexity index is 1260. The summed E-state index contributed by atoms with van der Waals surface area (Å²) < 4.78 is 33.3. The number of fused-ring (bicyclic) bond motifs is 1. The molecule has 0 aliphatic carbocycles. The van der Waals surface area contributed by atoms with Gasteiger partial charge in [0.25, 0.3) is 0 Å². The van der Waals surface area contributed by atoms with Crippen molar-refractivity contribution < 1.29 is 17.9 Å². The molecule has 1 amide bonds. The van der Waals surface area contributed by atoms with Crippen LogP contribution in [0.25, 0.3) is 6.08 Å². The summed E-state index contributed by atoms with van der Waals surface area (Å²) in [5.74, 6) is -0.200. The summed E-state index contributed by atoms with van der Waals surface area (Å²) in [4.78, 5) is 16.8. The number of nitrogens with zero attached hydrogens (tertiary/aromatic N) is 2. The Hall–Kier alpha value is -2.78. The maximum Gasteiger partial charge on any atom is 0.238 e. The van der Waals surface area contributed by atoms with Crippen molar-refractivity contribution in [3.05, 3.63) is 99.1 Å². The normalized spacial score (nSPS) is 15.9. The van der Waals surface area contributed by atoms with Crippen LogP contribution in [-0.2, 0) is 26.0 Å². The minimum absolute atomic E-state index is 0.200. The van der Waals surface area contributed by atoms with Crippen LogP contribution in [0.1, 0.15) is 41.0 Å². The van der Waals surface area contributed by atoms with Crippen molar-refractivity contribution in [2.75, 3.05) is 32.8 Å². The van der Waals surface area contributed by atoms with Crippen molar-refractivity contribution in [3.63, 3.8) is 0 Å². The third-order valence-corrected chi connectivity index (χ3v) is 8.71. The molecule has 2 aromatic carbocycles. The molecular formula is C28H32N2O4S2. The molecule has 0 radical (unpaired) electrons. The van der Waals surface area contributed by atoms with Crippen molar-refractivity contribution >= 4 is 33.3 Å². The standard InChI is InChI=1S/C28H32N2O4S2/c1-2-34-19-9-17-29(36(32,33)21-16-23-10-5-3-6-11-23)22-27(31)30-18-14-26-25(15-20-35-26)28(30)24-12-7-4-8-13-24/h3-8,10-13,15-16,20-21,28H,2,9,14,17-19,22H2,1H3. The van der Waals surface area contributed by atoms with Gasteiger partial charge in [-0.3, -0.25) is 4.79 Å². The van der Waals surface area contributed by atoms with Gasteiger partial charge >= 0.3 is 0 Å². The van der Waals surface area contributed by atoms with Gasteiger partial charge in [0.2, 0.25) is 15.9 Å². The molecule has 4 rings (SSSR count). The highest BCUT2D eigenvalue weighted by molar-refractivity contribution is 7.92. The molecule has 36 heavy (non-hydrogen) atoms. The lowest BCUT2D eigenvalue weighted by Gasteiger charge is -2.37. The molecule has 1 atom stereocenters. The average molecular weight is 525 g/mol. The first kappa shape index (κ1) is 26.3. The summed E-state index contributed by atoms with van der Waals surface area (Å²) in [7, 11) is -3.82. The fourth-order valence-electron chi connectivity index (χ4n) is 4.42. The average Bonchev–Trinajstić information content (AvgIpc) is 3.39. The van der Waals surface area contributed by atoms with E-state index in [-0.39, 0.29) is 25.0 Å². The fourth-order valence-corrected chi connectivity index (χ4v) is 6.50. The van der Waals surface area contributed by atoms with Gasteiger partial charge in [-0.15, -0.1) is 11.3 Å². The lowest BCUT2D eigenvalue weighted by atomic mass is 9.93. The second-order valence-electron chi connectivity index (χ2n) is 8.59. The first-order valence-corrected chi connectivity index (χ1v) is 14.6. The summed E-state index contributed by atoms with van der Waals surface area (Å²) in [5.41, 5.74) is 2.94. The molecule has 2 heterocycles. The first-order chi connectivity index (χ1) is 17.5. The minimum atomic E-state index is -3.82. The van der Waals surface area contributed by atoms with Gasteiger partial charge in [-0.2, -0.15) is 4.31 Å². The molecule has 1 aromatic heterocycles. The van der Waals surface area contributed by atoms with E-state index < -0.39 is 10.0 Å². The van der Waals surface area contributed by atoms with Gasteiger partial charge in [0.1, 0.15) is 0 Å².